The summed E-state index contributed by atoms with van der Waals surface area (Å²) >= 11 is 0. The normalized spacial score (nSPS) is 10.2. The monoisotopic (exact) mass is 257 g/mol. The maximum atomic E-state index is 11.9. The van der Waals surface area contributed by atoms with Crippen molar-refractivity contribution in [1.29, 1.82) is 0 Å². The van der Waals surface area contributed by atoms with Crippen molar-refractivity contribution in [2.75, 3.05) is 6.61 Å². The van der Waals surface area contributed by atoms with Crippen molar-refractivity contribution in [2.24, 2.45) is 0 Å². The fourth-order valence-electron chi connectivity index (χ4n) is 1.75. The van der Waals surface area contributed by atoms with Crippen molar-refractivity contribution in [3.63, 3.8) is 0 Å². The Hall–Kier alpha value is -2.36. The van der Waals surface area contributed by atoms with Crippen LogP contribution in [0.25, 0.3) is 0 Å². The maximum Gasteiger partial charge on any atom is 0.338 e. The number of carbonyl (C=O) groups excluding carboxylic acids is 2. The van der Waals surface area contributed by atoms with Crippen LogP contribution in [0.1, 0.15) is 32.0 Å². The van der Waals surface area contributed by atoms with E-state index in [0.717, 1.165) is 11.1 Å². The zero-order valence-corrected chi connectivity index (χ0v) is 10.9. The average Bonchev–Trinajstić information content (AvgIpc) is 2.92. The number of aryl methyl sites for hydroxylation is 2. The van der Waals surface area contributed by atoms with Gasteiger partial charge in [-0.1, -0.05) is 17.7 Å². The Labute approximate surface area is 111 Å². The lowest BCUT2D eigenvalue weighted by Crippen LogP contribution is -2.15. The molecule has 1 aromatic heterocycles. The molecule has 0 saturated heterocycles. The second-order valence-corrected chi connectivity index (χ2v) is 4.40. The van der Waals surface area contributed by atoms with Gasteiger partial charge in [0.25, 0.3) is 0 Å². The predicted octanol–water partition coefficient (Wildman–Crippen LogP) is 2.67. The lowest BCUT2D eigenvalue weighted by molar-refractivity contribution is 0.0473. The summed E-state index contributed by atoms with van der Waals surface area (Å²) in [6.07, 6.45) is 1.65. The van der Waals surface area contributed by atoms with E-state index in [1.165, 1.54) is 0 Å². The number of Topliss-reactive ketones (excluding diaryl/α,β-unsaturated/α-hetero) is 1. The number of benzene rings is 1. The molecule has 0 aliphatic carbocycles. The Morgan fingerprint density at radius 2 is 2.00 bits per heavy atom. The summed E-state index contributed by atoms with van der Waals surface area (Å²) in [5.41, 5.74) is 2.75. The Bertz CT molecular complexity index is 600. The van der Waals surface area contributed by atoms with Gasteiger partial charge in [0.05, 0.1) is 11.3 Å². The lowest BCUT2D eigenvalue weighted by Gasteiger charge is -2.07. The van der Waals surface area contributed by atoms with Gasteiger partial charge in [0, 0.05) is 6.20 Å². The number of hydrogen-bond donors (Lipinski definition) is 1. The van der Waals surface area contributed by atoms with Crippen molar-refractivity contribution in [3.05, 3.63) is 58.9 Å². The summed E-state index contributed by atoms with van der Waals surface area (Å²) in [6, 6.07) is 8.92. The molecule has 1 N–H and O–H groups in total. The van der Waals surface area contributed by atoms with Gasteiger partial charge in [0.2, 0.25) is 5.78 Å². The first-order valence-electron chi connectivity index (χ1n) is 5.99. The molecule has 0 spiro atoms. The summed E-state index contributed by atoms with van der Waals surface area (Å²) in [7, 11) is 0. The molecule has 0 aliphatic heterocycles. The molecule has 0 bridgehead atoms. The SMILES string of the molecule is Cc1ccc(C)c(C(=O)OCC(=O)c2ccc[nH]2)c1. The Kier molecular flexibility index (Phi) is 3.80. The van der Waals surface area contributed by atoms with Crippen LogP contribution in [-0.4, -0.2) is 23.3 Å². The van der Waals surface area contributed by atoms with E-state index >= 15 is 0 Å². The van der Waals surface area contributed by atoms with Gasteiger partial charge in [-0.25, -0.2) is 4.79 Å². The van der Waals surface area contributed by atoms with Gasteiger partial charge in [-0.3, -0.25) is 4.79 Å². The van der Waals surface area contributed by atoms with E-state index in [4.69, 9.17) is 4.74 Å². The minimum absolute atomic E-state index is 0.247. The zero-order chi connectivity index (χ0) is 13.8. The molecule has 2 rings (SSSR count). The topological polar surface area (TPSA) is 59.2 Å². The minimum Gasteiger partial charge on any atom is -0.454 e. The van der Waals surface area contributed by atoms with Crippen LogP contribution >= 0.6 is 0 Å². The standard InChI is InChI=1S/C15H15NO3/c1-10-5-6-11(2)12(8-10)15(18)19-9-14(17)13-4-3-7-16-13/h3-8,16H,9H2,1-2H3. The van der Waals surface area contributed by atoms with Crippen LogP contribution in [0.15, 0.2) is 36.5 Å². The van der Waals surface area contributed by atoms with Crippen LogP contribution < -0.4 is 0 Å². The molecule has 2 aromatic rings. The minimum atomic E-state index is -0.471. The summed E-state index contributed by atoms with van der Waals surface area (Å²) in [6.45, 7) is 3.48. The first kappa shape index (κ1) is 13.1. The molecule has 0 radical (unpaired) electrons. The van der Waals surface area contributed by atoms with E-state index in [9.17, 15) is 9.59 Å². The smallest absolute Gasteiger partial charge is 0.338 e. The summed E-state index contributed by atoms with van der Waals surface area (Å²) in [5, 5.41) is 0. The van der Waals surface area contributed by atoms with E-state index in [0.29, 0.717) is 11.3 Å². The Balaban J connectivity index is 2.02. The number of ketones is 1. The average molecular weight is 257 g/mol. The quantitative estimate of drug-likeness (QED) is 0.676. The molecule has 1 heterocycles. The molecule has 98 valence electrons. The number of H-pyrrole nitrogens is 1. The molecule has 0 saturated carbocycles. The fourth-order valence-corrected chi connectivity index (χ4v) is 1.75. The van der Waals surface area contributed by atoms with Gasteiger partial charge >= 0.3 is 5.97 Å². The summed E-state index contributed by atoms with van der Waals surface area (Å²) in [5.74, 6) is -0.718. The predicted molar refractivity (Wildman–Crippen MR) is 71.3 cm³/mol. The Morgan fingerprint density at radius 3 is 2.68 bits per heavy atom. The van der Waals surface area contributed by atoms with Crippen LogP contribution in [-0.2, 0) is 4.74 Å². The molecule has 0 unspecified atom stereocenters. The molecule has 4 heteroatoms. The molecular weight excluding hydrogens is 242 g/mol. The molecule has 0 atom stereocenters. The van der Waals surface area contributed by atoms with Gasteiger partial charge in [-0.2, -0.15) is 0 Å². The van der Waals surface area contributed by atoms with E-state index < -0.39 is 5.97 Å². The van der Waals surface area contributed by atoms with Crippen molar-refractivity contribution in [1.82, 2.24) is 4.98 Å². The van der Waals surface area contributed by atoms with Gasteiger partial charge in [0.15, 0.2) is 6.61 Å². The molecule has 19 heavy (non-hydrogen) atoms. The van der Waals surface area contributed by atoms with E-state index in [2.05, 4.69) is 4.98 Å². The number of aromatic nitrogens is 1. The van der Waals surface area contributed by atoms with Crippen molar-refractivity contribution >= 4 is 11.8 Å². The van der Waals surface area contributed by atoms with Crippen LogP contribution in [0.2, 0.25) is 0 Å². The number of carbonyl (C=O) groups is 2. The third kappa shape index (κ3) is 3.10. The van der Waals surface area contributed by atoms with Gasteiger partial charge in [-0.05, 0) is 37.6 Å². The largest absolute Gasteiger partial charge is 0.454 e. The van der Waals surface area contributed by atoms with E-state index in [-0.39, 0.29) is 12.4 Å². The number of rotatable bonds is 4. The third-order valence-electron chi connectivity index (χ3n) is 2.85. The lowest BCUT2D eigenvalue weighted by atomic mass is 10.1. The highest BCUT2D eigenvalue weighted by molar-refractivity contribution is 5.98. The third-order valence-corrected chi connectivity index (χ3v) is 2.85. The second kappa shape index (κ2) is 5.52. The van der Waals surface area contributed by atoms with Crippen LogP contribution in [0.4, 0.5) is 0 Å². The van der Waals surface area contributed by atoms with E-state index in [1.54, 1.807) is 24.4 Å². The molecular formula is C15H15NO3. The van der Waals surface area contributed by atoms with Crippen molar-refractivity contribution in [3.8, 4) is 0 Å². The van der Waals surface area contributed by atoms with Crippen molar-refractivity contribution in [2.45, 2.75) is 13.8 Å². The maximum absolute atomic E-state index is 11.9. The first-order chi connectivity index (χ1) is 9.08. The highest BCUT2D eigenvalue weighted by Gasteiger charge is 2.14. The van der Waals surface area contributed by atoms with Crippen molar-refractivity contribution < 1.29 is 14.3 Å². The number of aromatic amines is 1. The number of hydrogen-bond acceptors (Lipinski definition) is 3. The molecule has 0 aliphatic rings. The molecule has 0 amide bonds. The number of esters is 1. The van der Waals surface area contributed by atoms with Crippen LogP contribution in [0.5, 0.6) is 0 Å². The van der Waals surface area contributed by atoms with Gasteiger partial charge < -0.3 is 9.72 Å². The number of ether oxygens (including phenoxy) is 1. The fraction of sp³-hybridized carbons (Fsp3) is 0.200. The molecule has 0 fully saturated rings. The molecule has 1 aromatic carbocycles. The summed E-state index contributed by atoms with van der Waals surface area (Å²) < 4.78 is 5.04. The zero-order valence-electron chi connectivity index (χ0n) is 10.9. The highest BCUT2D eigenvalue weighted by atomic mass is 16.5. The van der Waals surface area contributed by atoms with Crippen LogP contribution in [0, 0.1) is 13.8 Å². The number of nitrogens with one attached hydrogen (secondary N) is 1. The van der Waals surface area contributed by atoms with Gasteiger partial charge in [-0.15, -0.1) is 0 Å². The summed E-state index contributed by atoms with van der Waals surface area (Å²) in [4.78, 5) is 26.4. The van der Waals surface area contributed by atoms with Crippen LogP contribution in [0.3, 0.4) is 0 Å². The van der Waals surface area contributed by atoms with Gasteiger partial charge in [0.1, 0.15) is 0 Å². The highest BCUT2D eigenvalue weighted by Crippen LogP contribution is 2.12. The molecule has 4 nitrogen and oxygen atoms in total. The Morgan fingerprint density at radius 1 is 1.21 bits per heavy atom. The van der Waals surface area contributed by atoms with E-state index in [1.807, 2.05) is 26.0 Å². The first-order valence-corrected chi connectivity index (χ1v) is 5.99. The second-order valence-electron chi connectivity index (χ2n) is 4.40.